The predicted octanol–water partition coefficient (Wildman–Crippen LogP) is 15.3. The molecular weight excluding hydrogens is 1540 g/mol. The maximum atomic E-state index is 12.3. The number of aliphatic carboxylic acids is 2. The van der Waals surface area contributed by atoms with Crippen molar-refractivity contribution < 1.29 is 91.4 Å². The summed E-state index contributed by atoms with van der Waals surface area (Å²) in [6, 6.07) is 76.8. The molecule has 5 atom stereocenters. The van der Waals surface area contributed by atoms with Gasteiger partial charge in [-0.25, -0.2) is 15.0 Å². The van der Waals surface area contributed by atoms with Gasteiger partial charge in [0.2, 0.25) is 0 Å². The van der Waals surface area contributed by atoms with Gasteiger partial charge in [-0.2, -0.15) is 0 Å². The number of rotatable bonds is 37. The molecule has 0 aliphatic rings. The molecule has 10 aromatic rings. The van der Waals surface area contributed by atoms with Crippen LogP contribution in [0.1, 0.15) is 74.9 Å². The van der Waals surface area contributed by atoms with Crippen molar-refractivity contribution in [2.45, 2.75) is 80.1 Å². The van der Waals surface area contributed by atoms with Gasteiger partial charge < -0.3 is 54.1 Å². The highest BCUT2D eigenvalue weighted by Gasteiger charge is 2.33. The molecule has 8 aromatic carbocycles. The number of nitrogens with one attached hydrogen (secondary N) is 2. The van der Waals surface area contributed by atoms with Crippen molar-refractivity contribution in [1.29, 1.82) is 0 Å². The number of hydrogen-bond acceptors (Lipinski definition) is 23. The third-order valence-corrected chi connectivity index (χ3v) is 18.7. The fraction of sp³-hybridized carbons (Fsp3) is 0.304. The number of amides is 1. The minimum Gasteiger partial charge on any atom is -0.481 e. The normalized spacial score (nSPS) is 11.5. The summed E-state index contributed by atoms with van der Waals surface area (Å²) >= 11 is 3.03. The van der Waals surface area contributed by atoms with E-state index in [-0.39, 0.29) is 44.7 Å². The largest absolute Gasteiger partial charge is 0.481 e. The van der Waals surface area contributed by atoms with E-state index in [2.05, 4.69) is 20.6 Å². The number of thiazole rings is 2. The first kappa shape index (κ1) is 96.1. The number of carbonyl (C=O) groups is 10. The summed E-state index contributed by atoms with van der Waals surface area (Å²) in [6.07, 6.45) is 2.96. The van der Waals surface area contributed by atoms with Crippen LogP contribution in [-0.4, -0.2) is 152 Å². The van der Waals surface area contributed by atoms with Gasteiger partial charge in [-0.15, -0.1) is 22.7 Å². The van der Waals surface area contributed by atoms with Crippen molar-refractivity contribution in [3.8, 4) is 22.5 Å². The molecule has 0 saturated carbocycles. The lowest BCUT2D eigenvalue weighted by Crippen LogP contribution is -2.38. The lowest BCUT2D eigenvalue weighted by Gasteiger charge is -2.20. The number of anilines is 2. The van der Waals surface area contributed by atoms with Crippen molar-refractivity contribution in [3.63, 3.8) is 0 Å². The molecule has 2 heterocycles. The molecule has 4 N–H and O–H groups in total. The number of hydrogen-bond donors (Lipinski definition) is 4. The van der Waals surface area contributed by atoms with Gasteiger partial charge in [-0.1, -0.05) is 243 Å². The average Bonchev–Trinajstić information content (AvgIpc) is 1.83. The van der Waals surface area contributed by atoms with Gasteiger partial charge in [-0.3, -0.25) is 48.0 Å². The van der Waals surface area contributed by atoms with Crippen LogP contribution in [0.5, 0.6) is 0 Å². The van der Waals surface area contributed by atoms with Crippen LogP contribution in [0.4, 0.5) is 10.3 Å². The van der Waals surface area contributed by atoms with Crippen molar-refractivity contribution >= 4 is 92.9 Å². The first-order valence-corrected chi connectivity index (χ1v) is 40.4. The standard InChI is InChI=1S/C21H22N2O2S.C19H18N2O2S.C14H19NO4.C14H18O4.C12H14O4.C12H14O3/c1-2-25-20(24)18(13-16-9-5-3-6-10-16)14-22-21-23-19(15-26-21)17-11-7-4-8-12-17;22-18(23)16(11-14-7-3-1-4-8-14)12-20-19-21-17(13-24-19)15-9-5-2-6-10-15;1-4-19-14(17)12(13(16)15(2)18-3)10-11-8-6-5-7-9-11;1-3-17-13(15)12(14(16)18-4-2)10-11-8-6-5-7-9-11;1-2-16-12(15)10(11(13)14)8-9-6-4-3-5-7-9;1-2-15-12(14)11(9-13)8-10-6-4-3-5-7-10/h3-12,15,18H,2,13-14H2,1H3,(H,22,23);1-10,13,16H,11-12H2,(H,20,21)(H,22,23);5-9,12H,4,10H2,1-3H3;5-9,12H,3-4,10H2,1-2H3;3-7,10H,2,8H2,1H3,(H,13,14);3-7,9,11H,2,8H2,1H3. The highest BCUT2D eigenvalue weighted by atomic mass is 32.1. The van der Waals surface area contributed by atoms with E-state index < -0.39 is 77.3 Å². The van der Waals surface area contributed by atoms with E-state index in [1.165, 1.54) is 25.5 Å². The number of nitrogens with zero attached hydrogens (tertiary/aromatic N) is 3. The SMILES string of the molecule is CCOC(=O)C(C=O)Cc1ccccc1.CCOC(=O)C(CNc1nc(-c2ccccc2)cs1)Cc1ccccc1.CCOC(=O)C(Cc1ccccc1)C(=O)N(C)OC.CCOC(=O)C(Cc1ccccc1)C(=O)O.CCOC(=O)C(Cc1ccccc1)C(=O)OCC.O=C(O)C(CNc1nc(-c2ccccc2)cs1)Cc1ccccc1. The molecule has 118 heavy (non-hydrogen) atoms. The number of esters is 6. The zero-order chi connectivity index (χ0) is 85.7. The van der Waals surface area contributed by atoms with Crippen LogP contribution in [0.25, 0.3) is 22.5 Å². The quantitative estimate of drug-likeness (QED) is 0.00924. The van der Waals surface area contributed by atoms with Crippen LogP contribution in [0, 0.1) is 35.5 Å². The smallest absolute Gasteiger partial charge is 0.320 e. The Bertz CT molecular complexity index is 4530. The minimum absolute atomic E-state index is 0.162. The van der Waals surface area contributed by atoms with Gasteiger partial charge in [0, 0.05) is 42.0 Å². The summed E-state index contributed by atoms with van der Waals surface area (Å²) < 4.78 is 29.5. The number of ether oxygens (including phenoxy) is 6. The molecule has 624 valence electrons. The maximum absolute atomic E-state index is 12.3. The van der Waals surface area contributed by atoms with Crippen molar-refractivity contribution in [2.75, 3.05) is 77.5 Å². The van der Waals surface area contributed by atoms with Gasteiger partial charge in [0.25, 0.3) is 5.91 Å². The van der Waals surface area contributed by atoms with Crippen molar-refractivity contribution in [1.82, 2.24) is 15.0 Å². The maximum Gasteiger partial charge on any atom is 0.320 e. The third-order valence-electron chi connectivity index (χ3n) is 17.1. The van der Waals surface area contributed by atoms with E-state index in [1.807, 2.05) is 236 Å². The Hall–Kier alpha value is -12.5. The van der Waals surface area contributed by atoms with Gasteiger partial charge >= 0.3 is 47.8 Å². The lowest BCUT2D eigenvalue weighted by atomic mass is 9.98. The molecule has 1 amide bonds. The number of aromatic nitrogens is 2. The monoisotopic (exact) mass is 1650 g/mol. The number of carboxylic acid groups (broad SMARTS) is 2. The minimum atomic E-state index is -1.15. The average molecular weight is 1650 g/mol. The Morgan fingerprint density at radius 3 is 0.975 bits per heavy atom. The Labute approximate surface area is 697 Å². The topological polar surface area (TPSA) is 329 Å². The van der Waals surface area contributed by atoms with Crippen molar-refractivity contribution in [3.05, 3.63) is 287 Å². The summed E-state index contributed by atoms with van der Waals surface area (Å²) in [5.41, 5.74) is 9.70. The van der Waals surface area contributed by atoms with Crippen molar-refractivity contribution in [2.24, 2.45) is 35.5 Å². The number of hydroxylamine groups is 2. The highest BCUT2D eigenvalue weighted by Crippen LogP contribution is 2.28. The zero-order valence-corrected chi connectivity index (χ0v) is 69.3. The van der Waals surface area contributed by atoms with Crippen LogP contribution >= 0.6 is 22.7 Å². The van der Waals surface area contributed by atoms with E-state index in [1.54, 1.807) is 70.2 Å². The molecule has 0 radical (unpaired) electrons. The summed E-state index contributed by atoms with van der Waals surface area (Å²) in [6.45, 7) is 12.8. The molecule has 24 nitrogen and oxygen atoms in total. The molecule has 5 unspecified atom stereocenters. The second kappa shape index (κ2) is 55.9. The third kappa shape index (κ3) is 36.1. The van der Waals surface area contributed by atoms with Crippen LogP contribution in [0.15, 0.2) is 253 Å². The Kier molecular flexibility index (Phi) is 45.5. The van der Waals surface area contributed by atoms with Gasteiger partial charge in [-0.05, 0) is 113 Å². The summed E-state index contributed by atoms with van der Waals surface area (Å²) in [7, 11) is 2.85. The lowest BCUT2D eigenvalue weighted by molar-refractivity contribution is -0.179. The van der Waals surface area contributed by atoms with Gasteiger partial charge in [0.05, 0.1) is 70.0 Å². The van der Waals surface area contributed by atoms with E-state index >= 15 is 0 Å². The molecule has 0 aliphatic heterocycles. The second-order valence-corrected chi connectivity index (χ2v) is 27.4. The highest BCUT2D eigenvalue weighted by molar-refractivity contribution is 7.14. The molecule has 0 bridgehead atoms. The summed E-state index contributed by atoms with van der Waals surface area (Å²) in [4.78, 5) is 130. The molecule has 10 rings (SSSR count). The van der Waals surface area contributed by atoms with E-state index in [4.69, 9.17) is 38.4 Å². The molecular formula is C92H105N5O19S2. The molecule has 26 heteroatoms. The summed E-state index contributed by atoms with van der Waals surface area (Å²) in [5, 5.41) is 31.4. The molecule has 0 aliphatic carbocycles. The Morgan fingerprint density at radius 1 is 0.364 bits per heavy atom. The van der Waals surface area contributed by atoms with Crippen LogP contribution in [0.3, 0.4) is 0 Å². The first-order chi connectivity index (χ1) is 57.2. The van der Waals surface area contributed by atoms with E-state index in [9.17, 15) is 53.1 Å². The van der Waals surface area contributed by atoms with E-state index in [0.717, 1.165) is 71.2 Å². The number of benzene rings is 8. The zero-order valence-electron chi connectivity index (χ0n) is 67.7. The van der Waals surface area contributed by atoms with Gasteiger partial charge in [0.1, 0.15) is 18.1 Å². The molecule has 2 aromatic heterocycles. The fourth-order valence-electron chi connectivity index (χ4n) is 11.1. The Balaban J connectivity index is 0.000000255. The van der Waals surface area contributed by atoms with E-state index in [0.29, 0.717) is 64.7 Å². The molecule has 0 spiro atoms. The van der Waals surface area contributed by atoms with Gasteiger partial charge in [0.15, 0.2) is 22.1 Å². The number of carbonyl (C=O) groups excluding carboxylic acids is 8. The first-order valence-electron chi connectivity index (χ1n) is 38.6. The second-order valence-electron chi connectivity index (χ2n) is 25.7. The number of aldehydes is 1. The Morgan fingerprint density at radius 2 is 0.644 bits per heavy atom. The molecule has 0 saturated heterocycles. The summed E-state index contributed by atoms with van der Waals surface area (Å²) in [5.74, 6) is -9.57. The van der Waals surface area contributed by atoms with Crippen LogP contribution in [-0.2, 0) is 120 Å². The molecule has 0 fully saturated rings. The van der Waals surface area contributed by atoms with Crippen LogP contribution in [0.2, 0.25) is 0 Å². The predicted molar refractivity (Wildman–Crippen MR) is 455 cm³/mol. The van der Waals surface area contributed by atoms with Crippen LogP contribution < -0.4 is 10.6 Å². The fourth-order valence-corrected chi connectivity index (χ4v) is 12.6. The number of carboxylic acids is 2.